The first-order valence-corrected chi connectivity index (χ1v) is 13.9. The van der Waals surface area contributed by atoms with Gasteiger partial charge >= 0.3 is 0 Å². The third kappa shape index (κ3) is 6.81. The molecule has 11 nitrogen and oxygen atoms in total. The fourth-order valence-electron chi connectivity index (χ4n) is 4.20. The molecule has 12 heteroatoms. The number of hydrogen-bond donors (Lipinski definition) is 1. The lowest BCUT2D eigenvalue weighted by atomic mass is 10.2. The predicted molar refractivity (Wildman–Crippen MR) is 170 cm³/mol. The van der Waals surface area contributed by atoms with E-state index in [0.717, 1.165) is 26.4 Å². The Hall–Kier alpha value is -5.36. The number of pyridine rings is 4. The van der Waals surface area contributed by atoms with Gasteiger partial charge in [0, 0.05) is 35.3 Å². The second-order valence-corrected chi connectivity index (χ2v) is 9.82. The van der Waals surface area contributed by atoms with Gasteiger partial charge in [0.05, 0.1) is 51.9 Å². The highest BCUT2D eigenvalue weighted by Crippen LogP contribution is 2.38. The fourth-order valence-corrected chi connectivity index (χ4v) is 4.44. The first-order chi connectivity index (χ1) is 21.4. The van der Waals surface area contributed by atoms with Crippen LogP contribution in [-0.4, -0.2) is 48.4 Å². The molecule has 0 amide bonds. The molecule has 0 unspecified atom stereocenters. The van der Waals surface area contributed by atoms with Crippen molar-refractivity contribution < 1.29 is 28.4 Å². The Kier molecular flexibility index (Phi) is 9.40. The molecule has 0 bridgehead atoms. The van der Waals surface area contributed by atoms with E-state index in [1.54, 1.807) is 77.5 Å². The molecule has 6 aromatic rings. The summed E-state index contributed by atoms with van der Waals surface area (Å²) in [5.41, 5.74) is 7.09. The number of halogens is 1. The fraction of sp³-hybridized carbons (Fsp3) is 0.125. The summed E-state index contributed by atoms with van der Waals surface area (Å²) in [7, 11) is 6.37. The lowest BCUT2D eigenvalue weighted by Crippen LogP contribution is -1.94. The van der Waals surface area contributed by atoms with Crippen molar-refractivity contribution >= 4 is 43.6 Å². The molecule has 0 radical (unpaired) electrons. The van der Waals surface area contributed by atoms with E-state index in [0.29, 0.717) is 51.8 Å². The number of rotatable bonds is 8. The third-order valence-corrected chi connectivity index (χ3v) is 6.80. The number of benzene rings is 2. The number of nitrogens with two attached hydrogens (primary N) is 1. The second-order valence-electron chi connectivity index (χ2n) is 9.01. The van der Waals surface area contributed by atoms with Crippen molar-refractivity contribution in [2.75, 3.05) is 34.2 Å². The number of aromatic nitrogens is 4. The second kappa shape index (κ2) is 13.7. The van der Waals surface area contributed by atoms with Crippen LogP contribution in [0.5, 0.6) is 46.0 Å². The molecule has 0 spiro atoms. The number of hydrogen-bond acceptors (Lipinski definition) is 11. The van der Waals surface area contributed by atoms with Gasteiger partial charge in [0.1, 0.15) is 33.4 Å². The summed E-state index contributed by atoms with van der Waals surface area (Å²) >= 11 is 3.30. The predicted octanol–water partition coefficient (Wildman–Crippen LogP) is 7.22. The maximum absolute atomic E-state index is 5.90. The maximum atomic E-state index is 5.90. The number of fused-ring (bicyclic) bond motifs is 2. The first kappa shape index (κ1) is 30.1. The van der Waals surface area contributed by atoms with Crippen molar-refractivity contribution in [1.82, 2.24) is 19.9 Å². The Morgan fingerprint density at radius 2 is 0.977 bits per heavy atom. The van der Waals surface area contributed by atoms with Gasteiger partial charge in [0.2, 0.25) is 0 Å². The van der Waals surface area contributed by atoms with E-state index in [1.165, 1.54) is 0 Å². The average molecular weight is 659 g/mol. The van der Waals surface area contributed by atoms with E-state index < -0.39 is 0 Å². The summed E-state index contributed by atoms with van der Waals surface area (Å²) in [4.78, 5) is 16.8. The van der Waals surface area contributed by atoms with Gasteiger partial charge in [-0.3, -0.25) is 9.97 Å². The Morgan fingerprint density at radius 3 is 1.39 bits per heavy atom. The van der Waals surface area contributed by atoms with Crippen molar-refractivity contribution in [3.63, 3.8) is 0 Å². The Labute approximate surface area is 261 Å². The SMILES string of the molecule is COc1cc2nccc(Oc3ccc(Br)nc3)c2cc1OC.COc1cc2nccc(Oc3ccc(N)nc3)c2cc1OC. The van der Waals surface area contributed by atoms with Crippen LogP contribution in [0.25, 0.3) is 21.8 Å². The zero-order valence-corrected chi connectivity index (χ0v) is 25.9. The molecule has 0 aliphatic carbocycles. The van der Waals surface area contributed by atoms with Gasteiger partial charge in [-0.1, -0.05) is 0 Å². The molecule has 4 heterocycles. The molecule has 44 heavy (non-hydrogen) atoms. The van der Waals surface area contributed by atoms with Gasteiger partial charge in [-0.05, 0) is 64.5 Å². The molecular formula is C32H28BrN5O6. The number of ether oxygens (including phenoxy) is 6. The minimum Gasteiger partial charge on any atom is -0.493 e. The number of methoxy groups -OCH3 is 4. The Morgan fingerprint density at radius 1 is 0.523 bits per heavy atom. The Bertz CT molecular complexity index is 1750. The molecule has 4 aromatic heterocycles. The van der Waals surface area contributed by atoms with Crippen LogP contribution in [-0.2, 0) is 0 Å². The third-order valence-electron chi connectivity index (χ3n) is 6.33. The average Bonchev–Trinajstić information content (AvgIpc) is 3.06. The monoisotopic (exact) mass is 657 g/mol. The number of anilines is 1. The standard InChI is InChI=1S/C16H13BrN2O3.C16H15N3O3/c2*1-20-14-7-11-12(8-15(14)21-2)18-6-5-13(11)22-10-3-4-16(17)19-9-10/h3-9H,1-2H3;3-9H,1-2H3,(H2,17,19). The minimum atomic E-state index is 0.443. The van der Waals surface area contributed by atoms with Gasteiger partial charge in [-0.25, -0.2) is 9.97 Å². The van der Waals surface area contributed by atoms with Crippen LogP contribution in [0, 0.1) is 0 Å². The summed E-state index contributed by atoms with van der Waals surface area (Å²) in [6, 6.07) is 18.0. The molecule has 0 atom stereocenters. The van der Waals surface area contributed by atoms with Gasteiger partial charge in [0.15, 0.2) is 23.0 Å². The van der Waals surface area contributed by atoms with Gasteiger partial charge in [-0.2, -0.15) is 0 Å². The van der Waals surface area contributed by atoms with E-state index in [1.807, 2.05) is 36.4 Å². The molecular weight excluding hydrogens is 630 g/mol. The summed E-state index contributed by atoms with van der Waals surface area (Å²) in [5, 5.41) is 1.65. The normalized spacial score (nSPS) is 10.5. The molecule has 224 valence electrons. The van der Waals surface area contributed by atoms with Crippen molar-refractivity contribution in [1.29, 1.82) is 0 Å². The zero-order chi connectivity index (χ0) is 31.1. The minimum absolute atomic E-state index is 0.443. The van der Waals surface area contributed by atoms with Crippen LogP contribution in [0.2, 0.25) is 0 Å². The highest BCUT2D eigenvalue weighted by molar-refractivity contribution is 9.10. The summed E-state index contributed by atoms with van der Waals surface area (Å²) in [5.74, 6) is 5.50. The molecule has 0 saturated heterocycles. The maximum Gasteiger partial charge on any atom is 0.162 e. The molecule has 0 fully saturated rings. The summed E-state index contributed by atoms with van der Waals surface area (Å²) in [6.07, 6.45) is 6.59. The largest absolute Gasteiger partial charge is 0.493 e. The summed E-state index contributed by atoms with van der Waals surface area (Å²) in [6.45, 7) is 0. The smallest absolute Gasteiger partial charge is 0.162 e. The topological polar surface area (TPSA) is 133 Å². The van der Waals surface area contributed by atoms with Crippen LogP contribution in [0.3, 0.4) is 0 Å². The number of nitrogens with zero attached hydrogens (tertiary/aromatic N) is 4. The quantitative estimate of drug-likeness (QED) is 0.166. The van der Waals surface area contributed by atoms with Gasteiger partial charge < -0.3 is 34.2 Å². The van der Waals surface area contributed by atoms with E-state index in [9.17, 15) is 0 Å². The Balaban J connectivity index is 0.000000175. The van der Waals surface area contributed by atoms with Crippen LogP contribution in [0.1, 0.15) is 0 Å². The first-order valence-electron chi connectivity index (χ1n) is 13.1. The summed E-state index contributed by atoms with van der Waals surface area (Å²) < 4.78 is 33.8. The van der Waals surface area contributed by atoms with Gasteiger partial charge in [-0.15, -0.1) is 0 Å². The lowest BCUT2D eigenvalue weighted by molar-refractivity contribution is 0.355. The van der Waals surface area contributed by atoms with Crippen LogP contribution >= 0.6 is 15.9 Å². The number of nitrogen functional groups attached to an aromatic ring is 1. The molecule has 0 saturated carbocycles. The van der Waals surface area contributed by atoms with Crippen LogP contribution < -0.4 is 34.2 Å². The lowest BCUT2D eigenvalue weighted by Gasteiger charge is -2.12. The van der Waals surface area contributed by atoms with Crippen molar-refractivity contribution in [3.8, 4) is 46.0 Å². The van der Waals surface area contributed by atoms with Crippen LogP contribution in [0.4, 0.5) is 5.82 Å². The molecule has 2 N–H and O–H groups in total. The van der Waals surface area contributed by atoms with E-state index in [4.69, 9.17) is 34.2 Å². The molecule has 0 aliphatic rings. The van der Waals surface area contributed by atoms with E-state index in [2.05, 4.69) is 35.9 Å². The highest BCUT2D eigenvalue weighted by atomic mass is 79.9. The zero-order valence-electron chi connectivity index (χ0n) is 24.3. The molecule has 6 rings (SSSR count). The van der Waals surface area contributed by atoms with Gasteiger partial charge in [0.25, 0.3) is 0 Å². The van der Waals surface area contributed by atoms with Crippen molar-refractivity contribution in [2.45, 2.75) is 0 Å². The van der Waals surface area contributed by atoms with E-state index >= 15 is 0 Å². The molecule has 0 aliphatic heterocycles. The van der Waals surface area contributed by atoms with Crippen molar-refractivity contribution in [2.24, 2.45) is 0 Å². The molecule has 2 aromatic carbocycles. The van der Waals surface area contributed by atoms with Crippen LogP contribution in [0.15, 0.2) is 90.1 Å². The highest BCUT2D eigenvalue weighted by Gasteiger charge is 2.13. The van der Waals surface area contributed by atoms with Crippen molar-refractivity contribution in [3.05, 3.63) is 90.1 Å². The van der Waals surface area contributed by atoms with E-state index in [-0.39, 0.29) is 0 Å².